The molecule has 3 aromatic heterocycles. The molecule has 0 spiro atoms. The molecule has 33 heavy (non-hydrogen) atoms. The summed E-state index contributed by atoms with van der Waals surface area (Å²) in [4.78, 5) is 17.4. The normalized spacial score (nSPS) is 11.1. The lowest BCUT2D eigenvalue weighted by atomic mass is 10.1. The van der Waals surface area contributed by atoms with Crippen LogP contribution in [0.3, 0.4) is 0 Å². The maximum atomic E-state index is 12.8. The summed E-state index contributed by atoms with van der Waals surface area (Å²) in [5.41, 5.74) is 5.61. The predicted molar refractivity (Wildman–Crippen MR) is 125 cm³/mol. The minimum Gasteiger partial charge on any atom is -0.493 e. The van der Waals surface area contributed by atoms with E-state index in [0.29, 0.717) is 36.7 Å². The topological polar surface area (TPSA) is 95.6 Å². The minimum atomic E-state index is -0.0927. The average Bonchev–Trinajstić information content (AvgIpc) is 3.38. The number of para-hydroxylation sites is 1. The van der Waals surface area contributed by atoms with E-state index in [4.69, 9.17) is 9.47 Å². The second kappa shape index (κ2) is 9.32. The molecule has 0 atom stereocenters. The van der Waals surface area contributed by atoms with Crippen molar-refractivity contribution in [3.05, 3.63) is 64.7 Å². The highest BCUT2D eigenvalue weighted by molar-refractivity contribution is 5.90. The Labute approximate surface area is 192 Å². The quantitative estimate of drug-likeness (QED) is 0.443. The third-order valence-electron chi connectivity index (χ3n) is 5.68. The number of aromatic nitrogens is 5. The van der Waals surface area contributed by atoms with E-state index in [9.17, 15) is 4.79 Å². The molecule has 0 saturated carbocycles. The van der Waals surface area contributed by atoms with Gasteiger partial charge in [-0.2, -0.15) is 10.2 Å². The largest absolute Gasteiger partial charge is 0.493 e. The number of hydrogen-bond donors (Lipinski definition) is 1. The van der Waals surface area contributed by atoms with Gasteiger partial charge >= 0.3 is 0 Å². The average molecular weight is 449 g/mol. The number of nitrogens with zero attached hydrogens (tertiary/aromatic N) is 5. The van der Waals surface area contributed by atoms with Crippen molar-refractivity contribution in [2.75, 3.05) is 19.5 Å². The van der Waals surface area contributed by atoms with E-state index in [1.54, 1.807) is 31.2 Å². The summed E-state index contributed by atoms with van der Waals surface area (Å²) in [5.74, 6) is 1.83. The first-order valence-electron chi connectivity index (χ1n) is 10.7. The molecule has 9 nitrogen and oxygen atoms in total. The summed E-state index contributed by atoms with van der Waals surface area (Å²) in [6.07, 6.45) is 2.56. The Morgan fingerprint density at radius 2 is 1.94 bits per heavy atom. The van der Waals surface area contributed by atoms with Crippen LogP contribution in [0.1, 0.15) is 34.6 Å². The summed E-state index contributed by atoms with van der Waals surface area (Å²) < 4.78 is 14.5. The fourth-order valence-electron chi connectivity index (χ4n) is 4.05. The van der Waals surface area contributed by atoms with Crippen LogP contribution in [-0.4, -0.2) is 44.5 Å². The van der Waals surface area contributed by atoms with Crippen LogP contribution < -0.4 is 14.8 Å². The number of amides is 1. The highest BCUT2D eigenvalue weighted by Gasteiger charge is 2.15. The molecular formula is C24H28N6O3. The number of anilines is 1. The number of carbonyl (C=O) groups excluding carboxylic acids is 1. The Bertz CT molecular complexity index is 1310. The summed E-state index contributed by atoms with van der Waals surface area (Å²) in [7, 11) is 3.21. The van der Waals surface area contributed by atoms with E-state index in [-0.39, 0.29) is 5.91 Å². The van der Waals surface area contributed by atoms with E-state index in [1.165, 1.54) is 0 Å². The minimum absolute atomic E-state index is 0.0927. The van der Waals surface area contributed by atoms with Crippen molar-refractivity contribution in [3.63, 3.8) is 0 Å². The number of rotatable bonds is 8. The number of fused-ring (bicyclic) bond motifs is 1. The van der Waals surface area contributed by atoms with Crippen LogP contribution in [0, 0.1) is 20.8 Å². The highest BCUT2D eigenvalue weighted by Crippen LogP contribution is 2.31. The van der Waals surface area contributed by atoms with Gasteiger partial charge in [0.15, 0.2) is 17.1 Å². The molecule has 0 fully saturated rings. The van der Waals surface area contributed by atoms with E-state index in [2.05, 4.69) is 20.5 Å². The van der Waals surface area contributed by atoms with Gasteiger partial charge in [-0.25, -0.2) is 14.2 Å². The molecule has 0 bridgehead atoms. The second-order valence-corrected chi connectivity index (χ2v) is 7.89. The predicted octanol–water partition coefficient (Wildman–Crippen LogP) is 3.49. The monoisotopic (exact) mass is 448 g/mol. The molecule has 0 unspecified atom stereocenters. The van der Waals surface area contributed by atoms with E-state index < -0.39 is 0 Å². The Hall–Kier alpha value is -3.88. The molecule has 0 aliphatic rings. The molecule has 1 amide bonds. The molecule has 172 valence electrons. The van der Waals surface area contributed by atoms with Gasteiger partial charge in [0.05, 0.1) is 32.7 Å². The maximum absolute atomic E-state index is 12.8. The first-order valence-corrected chi connectivity index (χ1v) is 10.7. The number of carbonyl (C=O) groups is 1. The fraction of sp³-hybridized carbons (Fsp3) is 0.333. The molecule has 4 aromatic rings. The number of ether oxygens (including phenoxy) is 2. The third kappa shape index (κ3) is 4.52. The lowest BCUT2D eigenvalue weighted by molar-refractivity contribution is -0.116. The first-order chi connectivity index (χ1) is 15.9. The van der Waals surface area contributed by atoms with Gasteiger partial charge in [-0.1, -0.05) is 12.1 Å². The van der Waals surface area contributed by atoms with Gasteiger partial charge in [-0.3, -0.25) is 4.79 Å². The first kappa shape index (κ1) is 22.3. The number of benzene rings is 1. The number of methoxy groups -OCH3 is 2. The smallest absolute Gasteiger partial charge is 0.225 e. The van der Waals surface area contributed by atoms with Gasteiger partial charge in [0.25, 0.3) is 0 Å². The van der Waals surface area contributed by atoms with Crippen molar-refractivity contribution in [1.82, 2.24) is 24.4 Å². The zero-order chi connectivity index (χ0) is 23.5. The molecule has 0 aliphatic heterocycles. The zero-order valence-electron chi connectivity index (χ0n) is 19.5. The van der Waals surface area contributed by atoms with Gasteiger partial charge < -0.3 is 14.8 Å². The Kier molecular flexibility index (Phi) is 6.30. The van der Waals surface area contributed by atoms with Crippen LogP contribution in [0.25, 0.3) is 5.65 Å². The van der Waals surface area contributed by atoms with Gasteiger partial charge in [-0.15, -0.1) is 0 Å². The molecule has 0 aliphatic carbocycles. The third-order valence-corrected chi connectivity index (χ3v) is 5.68. The van der Waals surface area contributed by atoms with Gasteiger partial charge in [-0.05, 0) is 38.8 Å². The van der Waals surface area contributed by atoms with Crippen LogP contribution in [-0.2, 0) is 17.8 Å². The van der Waals surface area contributed by atoms with Gasteiger partial charge in [0.1, 0.15) is 5.82 Å². The lowest BCUT2D eigenvalue weighted by Crippen LogP contribution is -2.17. The van der Waals surface area contributed by atoms with Crippen molar-refractivity contribution in [2.24, 2.45) is 0 Å². The Balaban J connectivity index is 1.46. The van der Waals surface area contributed by atoms with Crippen molar-refractivity contribution < 1.29 is 14.3 Å². The van der Waals surface area contributed by atoms with Crippen LogP contribution in [0.5, 0.6) is 11.5 Å². The van der Waals surface area contributed by atoms with Crippen molar-refractivity contribution in [3.8, 4) is 11.5 Å². The van der Waals surface area contributed by atoms with E-state index >= 15 is 0 Å². The summed E-state index contributed by atoms with van der Waals surface area (Å²) in [6.45, 7) is 6.36. The number of nitrogens with one attached hydrogen (secondary N) is 1. The summed E-state index contributed by atoms with van der Waals surface area (Å²) >= 11 is 0. The van der Waals surface area contributed by atoms with E-state index in [1.807, 2.05) is 49.6 Å². The summed E-state index contributed by atoms with van der Waals surface area (Å²) in [6, 6.07) is 9.42. The van der Waals surface area contributed by atoms with Crippen molar-refractivity contribution >= 4 is 17.4 Å². The highest BCUT2D eigenvalue weighted by atomic mass is 16.5. The standard InChI is InChI=1S/C24H28N6O3/c1-15-13-22-26-16(2)19(17(3)30(22)28-15)9-10-23(31)27-21-11-12-25-29(21)14-18-7-6-8-20(32-4)24(18)33-5/h6-8,11-13H,9-10,14H2,1-5H3,(H,27,31). The van der Waals surface area contributed by atoms with Crippen LogP contribution in [0.4, 0.5) is 5.82 Å². The molecule has 0 saturated heterocycles. The second-order valence-electron chi connectivity index (χ2n) is 7.89. The molecule has 4 rings (SSSR count). The lowest BCUT2D eigenvalue weighted by Gasteiger charge is -2.14. The molecule has 9 heteroatoms. The SMILES string of the molecule is COc1cccc(Cn2nccc2NC(=O)CCc2c(C)nc3cc(C)nn3c2C)c1OC. The Morgan fingerprint density at radius 3 is 2.70 bits per heavy atom. The molecule has 1 aromatic carbocycles. The van der Waals surface area contributed by atoms with Crippen LogP contribution >= 0.6 is 0 Å². The van der Waals surface area contributed by atoms with Crippen LogP contribution in [0.2, 0.25) is 0 Å². The Morgan fingerprint density at radius 1 is 1.12 bits per heavy atom. The molecule has 1 N–H and O–H groups in total. The summed E-state index contributed by atoms with van der Waals surface area (Å²) in [5, 5.41) is 11.8. The van der Waals surface area contributed by atoms with Crippen molar-refractivity contribution in [1.29, 1.82) is 0 Å². The maximum Gasteiger partial charge on any atom is 0.225 e. The zero-order valence-corrected chi connectivity index (χ0v) is 19.5. The van der Waals surface area contributed by atoms with E-state index in [0.717, 1.165) is 33.9 Å². The fourth-order valence-corrected chi connectivity index (χ4v) is 4.05. The molecular weight excluding hydrogens is 420 g/mol. The van der Waals surface area contributed by atoms with Gasteiger partial charge in [0, 0.05) is 35.5 Å². The number of hydrogen-bond acceptors (Lipinski definition) is 6. The van der Waals surface area contributed by atoms with Crippen LogP contribution in [0.15, 0.2) is 36.5 Å². The van der Waals surface area contributed by atoms with Crippen molar-refractivity contribution in [2.45, 2.75) is 40.2 Å². The molecule has 3 heterocycles. The number of aryl methyl sites for hydroxylation is 3. The van der Waals surface area contributed by atoms with Gasteiger partial charge in [0.2, 0.25) is 5.91 Å². The molecule has 0 radical (unpaired) electrons.